The van der Waals surface area contributed by atoms with Crippen LogP contribution in [0, 0.1) is 0 Å². The van der Waals surface area contributed by atoms with Crippen LogP contribution in [0.15, 0.2) is 84.4 Å². The summed E-state index contributed by atoms with van der Waals surface area (Å²) in [6, 6.07) is 18.1. The Balaban J connectivity index is 2.22. The van der Waals surface area contributed by atoms with Crippen LogP contribution in [0.25, 0.3) is 0 Å². The minimum Gasteiger partial charge on any atom is -0.355 e. The number of aliphatic imine (C=N–C) groups is 1. The van der Waals surface area contributed by atoms with Crippen LogP contribution in [-0.4, -0.2) is 5.71 Å². The van der Waals surface area contributed by atoms with E-state index >= 15 is 0 Å². The molecular formula is C18H18N2. The second-order valence-corrected chi connectivity index (χ2v) is 4.28. The van der Waals surface area contributed by atoms with Crippen molar-refractivity contribution < 1.29 is 0 Å². The van der Waals surface area contributed by atoms with E-state index in [1.165, 1.54) is 0 Å². The summed E-state index contributed by atoms with van der Waals surface area (Å²) in [6.45, 7) is 5.73. The fourth-order valence-electron chi connectivity index (χ4n) is 1.81. The van der Waals surface area contributed by atoms with Crippen molar-refractivity contribution in [3.05, 3.63) is 79.4 Å². The molecule has 20 heavy (non-hydrogen) atoms. The van der Waals surface area contributed by atoms with E-state index in [1.54, 1.807) is 6.08 Å². The molecule has 2 aromatic rings. The van der Waals surface area contributed by atoms with Crippen molar-refractivity contribution >= 4 is 22.8 Å². The van der Waals surface area contributed by atoms with E-state index in [0.29, 0.717) is 0 Å². The minimum atomic E-state index is 0.851. The van der Waals surface area contributed by atoms with Crippen molar-refractivity contribution in [3.8, 4) is 0 Å². The highest BCUT2D eigenvalue weighted by Crippen LogP contribution is 2.22. The second-order valence-electron chi connectivity index (χ2n) is 4.28. The molecule has 0 saturated heterocycles. The number of hydrogen-bond acceptors (Lipinski definition) is 2. The molecule has 2 heteroatoms. The van der Waals surface area contributed by atoms with Gasteiger partial charge in [0.25, 0.3) is 0 Å². The Bertz CT molecular complexity index is 625. The van der Waals surface area contributed by atoms with Crippen LogP contribution in [0.1, 0.15) is 6.92 Å². The van der Waals surface area contributed by atoms with Crippen LogP contribution in [0.2, 0.25) is 0 Å². The van der Waals surface area contributed by atoms with Crippen molar-refractivity contribution in [2.75, 3.05) is 5.32 Å². The van der Waals surface area contributed by atoms with Crippen molar-refractivity contribution in [2.24, 2.45) is 4.99 Å². The zero-order valence-corrected chi connectivity index (χ0v) is 11.6. The third kappa shape index (κ3) is 3.95. The van der Waals surface area contributed by atoms with Gasteiger partial charge in [-0.2, -0.15) is 0 Å². The van der Waals surface area contributed by atoms with Gasteiger partial charge in [0.15, 0.2) is 0 Å². The van der Waals surface area contributed by atoms with Gasteiger partial charge in [-0.25, -0.2) is 4.99 Å². The number of anilines is 2. The van der Waals surface area contributed by atoms with Gasteiger partial charge in [-0.3, -0.25) is 0 Å². The monoisotopic (exact) mass is 262 g/mol. The summed E-state index contributed by atoms with van der Waals surface area (Å²) in [5.41, 5.74) is 3.83. The van der Waals surface area contributed by atoms with Gasteiger partial charge in [-0.1, -0.05) is 36.9 Å². The van der Waals surface area contributed by atoms with Gasteiger partial charge in [-0.05, 0) is 49.4 Å². The number of benzene rings is 2. The molecule has 2 aromatic carbocycles. The Hall–Kier alpha value is -2.61. The van der Waals surface area contributed by atoms with E-state index in [0.717, 1.165) is 22.8 Å². The van der Waals surface area contributed by atoms with Crippen LogP contribution in [0.5, 0.6) is 0 Å². The van der Waals surface area contributed by atoms with Crippen LogP contribution in [0.4, 0.5) is 17.1 Å². The Morgan fingerprint density at radius 2 is 1.80 bits per heavy atom. The van der Waals surface area contributed by atoms with Gasteiger partial charge >= 0.3 is 0 Å². The quantitative estimate of drug-likeness (QED) is 0.730. The average molecular weight is 262 g/mol. The first-order chi connectivity index (χ1) is 9.81. The summed E-state index contributed by atoms with van der Waals surface area (Å²) in [5.74, 6) is 0. The Labute approximate surface area is 120 Å². The SMILES string of the molecule is C=CC(/C=C\C)=Nc1cccc(Nc2ccccc2)c1. The van der Waals surface area contributed by atoms with Crippen LogP contribution in [0.3, 0.4) is 0 Å². The topological polar surface area (TPSA) is 24.4 Å². The van der Waals surface area contributed by atoms with E-state index in [-0.39, 0.29) is 0 Å². The largest absolute Gasteiger partial charge is 0.355 e. The van der Waals surface area contributed by atoms with E-state index in [2.05, 4.69) is 16.9 Å². The highest BCUT2D eigenvalue weighted by atomic mass is 14.9. The first-order valence-electron chi connectivity index (χ1n) is 6.58. The summed E-state index contributed by atoms with van der Waals surface area (Å²) in [6.07, 6.45) is 5.63. The summed E-state index contributed by atoms with van der Waals surface area (Å²) < 4.78 is 0. The molecule has 0 atom stereocenters. The standard InChI is InChI=1S/C18H18N2/c1-3-9-15(4-2)19-17-12-8-13-18(14-17)20-16-10-6-5-7-11-16/h3-14,20H,2H2,1H3/b9-3-,19-15?. The van der Waals surface area contributed by atoms with Crippen molar-refractivity contribution in [3.63, 3.8) is 0 Å². The van der Waals surface area contributed by atoms with Crippen LogP contribution in [-0.2, 0) is 0 Å². The third-order valence-electron chi connectivity index (χ3n) is 2.71. The predicted octanol–water partition coefficient (Wildman–Crippen LogP) is 5.26. The maximum Gasteiger partial charge on any atom is 0.0657 e. The molecular weight excluding hydrogens is 244 g/mol. The number of nitrogens with zero attached hydrogens (tertiary/aromatic N) is 1. The van der Waals surface area contributed by atoms with E-state index in [4.69, 9.17) is 0 Å². The number of hydrogen-bond donors (Lipinski definition) is 1. The van der Waals surface area contributed by atoms with Crippen molar-refractivity contribution in [2.45, 2.75) is 6.92 Å². The zero-order valence-electron chi connectivity index (χ0n) is 11.6. The number of para-hydroxylation sites is 1. The molecule has 0 unspecified atom stereocenters. The van der Waals surface area contributed by atoms with Gasteiger partial charge in [0.1, 0.15) is 0 Å². The minimum absolute atomic E-state index is 0.851. The molecule has 0 bridgehead atoms. The maximum atomic E-state index is 4.54. The van der Waals surface area contributed by atoms with Gasteiger partial charge in [0.2, 0.25) is 0 Å². The zero-order chi connectivity index (χ0) is 14.2. The molecule has 0 heterocycles. The molecule has 1 N–H and O–H groups in total. The number of rotatable bonds is 5. The molecule has 0 spiro atoms. The van der Waals surface area contributed by atoms with Crippen molar-refractivity contribution in [1.82, 2.24) is 0 Å². The van der Waals surface area contributed by atoms with Gasteiger partial charge in [0, 0.05) is 11.4 Å². The first-order valence-corrected chi connectivity index (χ1v) is 6.58. The molecule has 0 aromatic heterocycles. The first kappa shape index (κ1) is 13.8. The van der Waals surface area contributed by atoms with Crippen molar-refractivity contribution in [1.29, 1.82) is 0 Å². The number of nitrogens with one attached hydrogen (secondary N) is 1. The van der Waals surface area contributed by atoms with Gasteiger partial charge in [0.05, 0.1) is 11.4 Å². The summed E-state index contributed by atoms with van der Waals surface area (Å²) in [5, 5.41) is 3.35. The molecule has 0 amide bonds. The molecule has 0 aliphatic rings. The maximum absolute atomic E-state index is 4.54. The lowest BCUT2D eigenvalue weighted by Gasteiger charge is -2.06. The normalized spacial score (nSPS) is 11.6. The summed E-state index contributed by atoms with van der Waals surface area (Å²) >= 11 is 0. The highest BCUT2D eigenvalue weighted by molar-refractivity contribution is 6.05. The Morgan fingerprint density at radius 3 is 2.50 bits per heavy atom. The Morgan fingerprint density at radius 1 is 1.05 bits per heavy atom. The van der Waals surface area contributed by atoms with E-state index in [1.807, 2.05) is 73.7 Å². The lowest BCUT2D eigenvalue weighted by Crippen LogP contribution is -1.89. The molecule has 0 aliphatic carbocycles. The predicted molar refractivity (Wildman–Crippen MR) is 88.3 cm³/mol. The molecule has 2 rings (SSSR count). The Kier molecular flexibility index (Phi) is 4.90. The van der Waals surface area contributed by atoms with Crippen LogP contribution < -0.4 is 5.32 Å². The number of allylic oxidation sites excluding steroid dienone is 3. The molecule has 0 saturated carbocycles. The van der Waals surface area contributed by atoms with E-state index < -0.39 is 0 Å². The molecule has 2 nitrogen and oxygen atoms in total. The average Bonchev–Trinajstić information content (AvgIpc) is 2.48. The van der Waals surface area contributed by atoms with Gasteiger partial charge in [-0.15, -0.1) is 0 Å². The smallest absolute Gasteiger partial charge is 0.0657 e. The molecule has 0 radical (unpaired) electrons. The van der Waals surface area contributed by atoms with Gasteiger partial charge < -0.3 is 5.32 Å². The fraction of sp³-hybridized carbons (Fsp3) is 0.0556. The highest BCUT2D eigenvalue weighted by Gasteiger charge is 1.96. The second kappa shape index (κ2) is 7.10. The van der Waals surface area contributed by atoms with Crippen LogP contribution >= 0.6 is 0 Å². The lowest BCUT2D eigenvalue weighted by molar-refractivity contribution is 1.49. The summed E-state index contributed by atoms with van der Waals surface area (Å²) in [4.78, 5) is 4.54. The third-order valence-corrected chi connectivity index (χ3v) is 2.71. The molecule has 0 fully saturated rings. The lowest BCUT2D eigenvalue weighted by atomic mass is 10.2. The molecule has 0 aliphatic heterocycles. The summed E-state index contributed by atoms with van der Waals surface area (Å²) in [7, 11) is 0. The molecule has 100 valence electrons. The van der Waals surface area contributed by atoms with E-state index in [9.17, 15) is 0 Å². The fourth-order valence-corrected chi connectivity index (χ4v) is 1.81.